The third-order valence-electron chi connectivity index (χ3n) is 2.85. The Morgan fingerprint density at radius 1 is 0.812 bits per heavy atom. The van der Waals surface area contributed by atoms with Gasteiger partial charge in [-0.1, -0.05) is 46.5 Å². The highest BCUT2D eigenvalue weighted by atomic mass is 17.2. The average molecular weight is 234 g/mol. The minimum Gasteiger partial charge on any atom is -0.249 e. The smallest absolute Gasteiger partial charge is 0.223 e. The Morgan fingerprint density at radius 2 is 1.31 bits per heavy atom. The molecule has 0 saturated carbocycles. The van der Waals surface area contributed by atoms with Gasteiger partial charge < -0.3 is 0 Å². The van der Waals surface area contributed by atoms with Crippen molar-refractivity contribution in [2.24, 2.45) is 11.8 Å². The molecule has 0 aliphatic carbocycles. The van der Waals surface area contributed by atoms with Crippen molar-refractivity contribution < 1.29 is 20.3 Å². The molecule has 0 aliphatic heterocycles. The van der Waals surface area contributed by atoms with Gasteiger partial charge in [0.1, 0.15) is 0 Å². The fourth-order valence-corrected chi connectivity index (χ4v) is 1.78. The molecule has 1 unspecified atom stereocenters. The minimum atomic E-state index is -0.900. The molecule has 4 nitrogen and oxygen atoms in total. The molecule has 0 fully saturated rings. The van der Waals surface area contributed by atoms with Gasteiger partial charge in [0.15, 0.2) is 0 Å². The van der Waals surface area contributed by atoms with Crippen LogP contribution < -0.4 is 0 Å². The van der Waals surface area contributed by atoms with Crippen molar-refractivity contribution in [3.63, 3.8) is 0 Å². The maximum absolute atomic E-state index is 8.31. The van der Waals surface area contributed by atoms with Crippen molar-refractivity contribution >= 4 is 0 Å². The van der Waals surface area contributed by atoms with E-state index in [-0.39, 0.29) is 0 Å². The van der Waals surface area contributed by atoms with Gasteiger partial charge in [0, 0.05) is 6.42 Å². The second kappa shape index (κ2) is 10.0. The third kappa shape index (κ3) is 9.09. The van der Waals surface area contributed by atoms with Crippen molar-refractivity contribution in [3.05, 3.63) is 0 Å². The van der Waals surface area contributed by atoms with Gasteiger partial charge in [0.25, 0.3) is 0 Å². The fourth-order valence-electron chi connectivity index (χ4n) is 1.78. The SMILES string of the molecule is CC(C)CCCC(C)CCCC(OO)OO. The first-order valence-electron chi connectivity index (χ1n) is 6.20. The molecule has 0 heterocycles. The molecule has 98 valence electrons. The first-order chi connectivity index (χ1) is 7.60. The van der Waals surface area contributed by atoms with Crippen molar-refractivity contribution in [3.8, 4) is 0 Å². The normalized spacial score (nSPS) is 13.7. The first-order valence-corrected chi connectivity index (χ1v) is 6.20. The lowest BCUT2D eigenvalue weighted by Gasteiger charge is -2.13. The van der Waals surface area contributed by atoms with Crippen molar-refractivity contribution in [1.29, 1.82) is 0 Å². The molecule has 0 saturated heterocycles. The minimum absolute atomic E-state index is 0.515. The van der Waals surface area contributed by atoms with E-state index in [0.29, 0.717) is 12.3 Å². The molecule has 4 heteroatoms. The van der Waals surface area contributed by atoms with Crippen LogP contribution in [0.1, 0.15) is 59.3 Å². The van der Waals surface area contributed by atoms with Crippen LogP contribution in [0.4, 0.5) is 0 Å². The molecular formula is C12H26O4. The van der Waals surface area contributed by atoms with Gasteiger partial charge in [-0.25, -0.2) is 20.3 Å². The van der Waals surface area contributed by atoms with Crippen LogP contribution in [0, 0.1) is 11.8 Å². The van der Waals surface area contributed by atoms with E-state index >= 15 is 0 Å². The van der Waals surface area contributed by atoms with Crippen LogP contribution >= 0.6 is 0 Å². The monoisotopic (exact) mass is 234 g/mol. The van der Waals surface area contributed by atoms with Gasteiger partial charge in [-0.3, -0.25) is 0 Å². The fraction of sp³-hybridized carbons (Fsp3) is 1.00. The van der Waals surface area contributed by atoms with E-state index in [0.717, 1.165) is 18.8 Å². The highest BCUT2D eigenvalue weighted by Crippen LogP contribution is 2.18. The summed E-state index contributed by atoms with van der Waals surface area (Å²) < 4.78 is 0. The van der Waals surface area contributed by atoms with Gasteiger partial charge in [0.05, 0.1) is 0 Å². The quantitative estimate of drug-likeness (QED) is 0.341. The third-order valence-corrected chi connectivity index (χ3v) is 2.85. The van der Waals surface area contributed by atoms with Crippen molar-refractivity contribution in [2.45, 2.75) is 65.6 Å². The second-order valence-electron chi connectivity index (χ2n) is 5.00. The summed E-state index contributed by atoms with van der Waals surface area (Å²) in [6.07, 6.45) is 5.37. The Labute approximate surface area is 98.4 Å². The van der Waals surface area contributed by atoms with Crippen LogP contribution in [-0.4, -0.2) is 16.8 Å². The number of hydrogen-bond donors (Lipinski definition) is 2. The molecule has 16 heavy (non-hydrogen) atoms. The van der Waals surface area contributed by atoms with E-state index in [1.54, 1.807) is 0 Å². The predicted molar refractivity (Wildman–Crippen MR) is 62.9 cm³/mol. The zero-order valence-electron chi connectivity index (χ0n) is 10.7. The van der Waals surface area contributed by atoms with Crippen molar-refractivity contribution in [1.82, 2.24) is 0 Å². The Kier molecular flexibility index (Phi) is 9.92. The molecule has 0 aromatic rings. The summed E-state index contributed by atoms with van der Waals surface area (Å²) >= 11 is 0. The van der Waals surface area contributed by atoms with E-state index < -0.39 is 6.29 Å². The molecule has 0 radical (unpaired) electrons. The van der Waals surface area contributed by atoms with E-state index in [9.17, 15) is 0 Å². The van der Waals surface area contributed by atoms with E-state index in [1.165, 1.54) is 19.3 Å². The Morgan fingerprint density at radius 3 is 1.75 bits per heavy atom. The largest absolute Gasteiger partial charge is 0.249 e. The first kappa shape index (κ1) is 15.8. The van der Waals surface area contributed by atoms with Crippen LogP contribution in [0.15, 0.2) is 0 Å². The molecule has 0 bridgehead atoms. The van der Waals surface area contributed by atoms with Gasteiger partial charge >= 0.3 is 0 Å². The van der Waals surface area contributed by atoms with Crippen LogP contribution in [0.25, 0.3) is 0 Å². The zero-order valence-corrected chi connectivity index (χ0v) is 10.7. The Balaban J connectivity index is 3.39. The van der Waals surface area contributed by atoms with E-state index in [1.807, 2.05) is 0 Å². The molecule has 1 atom stereocenters. The lowest BCUT2D eigenvalue weighted by atomic mass is 9.95. The molecule has 0 amide bonds. The van der Waals surface area contributed by atoms with Crippen LogP contribution in [0.2, 0.25) is 0 Å². The molecule has 0 aliphatic rings. The van der Waals surface area contributed by atoms with Crippen LogP contribution in [-0.2, 0) is 9.78 Å². The summed E-state index contributed by atoms with van der Waals surface area (Å²) in [6.45, 7) is 6.72. The molecule has 0 rings (SSSR count). The molecule has 0 aromatic heterocycles. The number of hydrogen-bond acceptors (Lipinski definition) is 4. The molecule has 0 spiro atoms. The van der Waals surface area contributed by atoms with Gasteiger partial charge in [-0.05, 0) is 18.3 Å². The number of rotatable bonds is 10. The molecule has 2 N–H and O–H groups in total. The summed E-state index contributed by atoms with van der Waals surface area (Å²) in [5, 5.41) is 16.6. The van der Waals surface area contributed by atoms with E-state index in [4.69, 9.17) is 10.5 Å². The standard InChI is InChI=1S/C12H26O4/c1-10(2)6-4-7-11(3)8-5-9-12(15-13)16-14/h10-14H,4-9H2,1-3H3. The summed E-state index contributed by atoms with van der Waals surface area (Å²) in [7, 11) is 0. The van der Waals surface area contributed by atoms with Gasteiger partial charge in [-0.15, -0.1) is 0 Å². The van der Waals surface area contributed by atoms with Crippen LogP contribution in [0.5, 0.6) is 0 Å². The highest BCUT2D eigenvalue weighted by Gasteiger charge is 2.10. The average Bonchev–Trinajstić information content (AvgIpc) is 2.24. The summed E-state index contributed by atoms with van der Waals surface area (Å²) in [4.78, 5) is 7.84. The lowest BCUT2D eigenvalue weighted by Crippen LogP contribution is -2.13. The topological polar surface area (TPSA) is 58.9 Å². The molecular weight excluding hydrogens is 208 g/mol. The Hall–Kier alpha value is -0.160. The maximum atomic E-state index is 8.31. The second-order valence-corrected chi connectivity index (χ2v) is 5.00. The van der Waals surface area contributed by atoms with E-state index in [2.05, 4.69) is 30.5 Å². The molecule has 0 aromatic carbocycles. The lowest BCUT2D eigenvalue weighted by molar-refractivity contribution is -0.432. The van der Waals surface area contributed by atoms with Crippen molar-refractivity contribution in [2.75, 3.05) is 0 Å². The van der Waals surface area contributed by atoms with Gasteiger partial charge in [0.2, 0.25) is 6.29 Å². The Bertz CT molecular complexity index is 146. The van der Waals surface area contributed by atoms with Gasteiger partial charge in [-0.2, -0.15) is 0 Å². The maximum Gasteiger partial charge on any atom is 0.223 e. The highest BCUT2D eigenvalue weighted by molar-refractivity contribution is 4.56. The zero-order chi connectivity index (χ0) is 12.4. The summed E-state index contributed by atoms with van der Waals surface area (Å²) in [5.74, 6) is 1.46. The van der Waals surface area contributed by atoms with Crippen LogP contribution in [0.3, 0.4) is 0 Å². The predicted octanol–water partition coefficient (Wildman–Crippen LogP) is 3.92. The summed E-state index contributed by atoms with van der Waals surface area (Å²) in [6, 6.07) is 0. The summed E-state index contributed by atoms with van der Waals surface area (Å²) in [5.41, 5.74) is 0.